The second-order valence-corrected chi connectivity index (χ2v) is 6.26. The molecule has 0 saturated heterocycles. The number of nitrogens with zero attached hydrogens (tertiary/aromatic N) is 2. The number of benzene rings is 2. The summed E-state index contributed by atoms with van der Waals surface area (Å²) in [6.07, 6.45) is 0. The number of aliphatic hydroxyl groups excluding tert-OH is 1. The molecule has 1 N–H and O–H groups in total. The van der Waals surface area contributed by atoms with Crippen LogP contribution in [-0.4, -0.2) is 14.7 Å². The normalized spacial score (nSPS) is 11.0. The van der Waals surface area contributed by atoms with Crippen LogP contribution in [0.1, 0.15) is 17.0 Å². The van der Waals surface area contributed by atoms with E-state index in [1.807, 2.05) is 48.7 Å². The van der Waals surface area contributed by atoms with E-state index in [0.29, 0.717) is 15.9 Å². The van der Waals surface area contributed by atoms with Crippen molar-refractivity contribution in [2.24, 2.45) is 0 Å². The first-order chi connectivity index (χ1) is 11.0. The maximum absolute atomic E-state index is 9.77. The van der Waals surface area contributed by atoms with Gasteiger partial charge >= 0.3 is 0 Å². The average molecular weight is 347 g/mol. The molecule has 2 aromatic carbocycles. The molecule has 0 amide bonds. The Morgan fingerprint density at radius 1 is 1.04 bits per heavy atom. The van der Waals surface area contributed by atoms with Crippen molar-refractivity contribution in [1.82, 2.24) is 9.55 Å². The molecule has 118 valence electrons. The molecule has 0 aliphatic heterocycles. The van der Waals surface area contributed by atoms with Crippen molar-refractivity contribution in [3.8, 4) is 17.1 Å². The Hall–Kier alpha value is -1.81. The molecular weight excluding hydrogens is 331 g/mol. The Bertz CT molecular complexity index is 854. The molecule has 0 saturated carbocycles. The van der Waals surface area contributed by atoms with Gasteiger partial charge in [0.25, 0.3) is 0 Å². The lowest BCUT2D eigenvalue weighted by atomic mass is 10.2. The number of hydrogen-bond donors (Lipinski definition) is 1. The van der Waals surface area contributed by atoms with Crippen LogP contribution in [-0.2, 0) is 6.61 Å². The minimum absolute atomic E-state index is 0.0993. The number of aliphatic hydroxyl groups is 1. The SMILES string of the molecule is Cc1ccc(-n2c(-c3ccc(Cl)cc3Cl)nc(C)c2CO)cc1. The quantitative estimate of drug-likeness (QED) is 0.728. The molecule has 3 aromatic rings. The van der Waals surface area contributed by atoms with E-state index in [-0.39, 0.29) is 6.61 Å². The lowest BCUT2D eigenvalue weighted by Gasteiger charge is -2.13. The van der Waals surface area contributed by atoms with Crippen LogP contribution in [0.15, 0.2) is 42.5 Å². The Morgan fingerprint density at radius 3 is 2.35 bits per heavy atom. The molecule has 3 nitrogen and oxygen atoms in total. The largest absolute Gasteiger partial charge is 0.390 e. The highest BCUT2D eigenvalue weighted by molar-refractivity contribution is 6.36. The van der Waals surface area contributed by atoms with Crippen molar-refractivity contribution >= 4 is 23.2 Å². The lowest BCUT2D eigenvalue weighted by molar-refractivity contribution is 0.274. The Balaban J connectivity index is 2.27. The van der Waals surface area contributed by atoms with Crippen LogP contribution in [0.5, 0.6) is 0 Å². The van der Waals surface area contributed by atoms with Crippen LogP contribution >= 0.6 is 23.2 Å². The van der Waals surface area contributed by atoms with Gasteiger partial charge in [-0.15, -0.1) is 0 Å². The molecule has 1 heterocycles. The van der Waals surface area contributed by atoms with Gasteiger partial charge in [0.15, 0.2) is 0 Å². The fraction of sp³-hybridized carbons (Fsp3) is 0.167. The Morgan fingerprint density at radius 2 is 1.74 bits per heavy atom. The zero-order valence-corrected chi connectivity index (χ0v) is 14.4. The molecule has 0 fully saturated rings. The minimum Gasteiger partial charge on any atom is -0.390 e. The summed E-state index contributed by atoms with van der Waals surface area (Å²) in [7, 11) is 0. The number of hydrogen-bond acceptors (Lipinski definition) is 2. The highest BCUT2D eigenvalue weighted by Gasteiger charge is 2.18. The average Bonchev–Trinajstić information content (AvgIpc) is 2.84. The molecule has 3 rings (SSSR count). The van der Waals surface area contributed by atoms with E-state index >= 15 is 0 Å². The van der Waals surface area contributed by atoms with Gasteiger partial charge in [0, 0.05) is 16.3 Å². The summed E-state index contributed by atoms with van der Waals surface area (Å²) in [6, 6.07) is 13.4. The zero-order valence-electron chi connectivity index (χ0n) is 12.8. The van der Waals surface area contributed by atoms with Crippen molar-refractivity contribution in [1.29, 1.82) is 0 Å². The predicted molar refractivity (Wildman–Crippen MR) is 94.4 cm³/mol. The van der Waals surface area contributed by atoms with Crippen LogP contribution in [0.25, 0.3) is 17.1 Å². The minimum atomic E-state index is -0.0993. The summed E-state index contributed by atoms with van der Waals surface area (Å²) in [4.78, 5) is 4.62. The van der Waals surface area contributed by atoms with Crippen molar-refractivity contribution in [2.75, 3.05) is 0 Å². The summed E-state index contributed by atoms with van der Waals surface area (Å²) in [6.45, 7) is 3.81. The Labute approximate surface area is 145 Å². The summed E-state index contributed by atoms with van der Waals surface area (Å²) in [5.74, 6) is 0.692. The first-order valence-electron chi connectivity index (χ1n) is 7.23. The second-order valence-electron chi connectivity index (χ2n) is 5.42. The third-order valence-electron chi connectivity index (χ3n) is 3.79. The summed E-state index contributed by atoms with van der Waals surface area (Å²) >= 11 is 12.3. The Kier molecular flexibility index (Phi) is 4.44. The zero-order chi connectivity index (χ0) is 16.6. The summed E-state index contributed by atoms with van der Waals surface area (Å²) < 4.78 is 1.93. The smallest absolute Gasteiger partial charge is 0.146 e. The van der Waals surface area contributed by atoms with Gasteiger partial charge in [0.05, 0.1) is 23.0 Å². The maximum atomic E-state index is 9.77. The molecule has 0 atom stereocenters. The standard InChI is InChI=1S/C18H16Cl2N2O/c1-11-3-6-14(7-4-11)22-17(10-23)12(2)21-18(22)15-8-5-13(19)9-16(15)20/h3-9,23H,10H2,1-2H3. The monoisotopic (exact) mass is 346 g/mol. The number of aryl methyl sites for hydroxylation is 2. The molecule has 0 spiro atoms. The van der Waals surface area contributed by atoms with Gasteiger partial charge in [-0.1, -0.05) is 40.9 Å². The van der Waals surface area contributed by atoms with E-state index in [1.165, 1.54) is 5.56 Å². The number of imidazole rings is 1. The van der Waals surface area contributed by atoms with Crippen molar-refractivity contribution in [3.63, 3.8) is 0 Å². The van der Waals surface area contributed by atoms with Crippen LogP contribution in [0.4, 0.5) is 0 Å². The van der Waals surface area contributed by atoms with E-state index < -0.39 is 0 Å². The molecule has 1 aromatic heterocycles. The van der Waals surface area contributed by atoms with E-state index in [0.717, 1.165) is 22.6 Å². The summed E-state index contributed by atoms with van der Waals surface area (Å²) in [5.41, 5.74) is 4.40. The van der Waals surface area contributed by atoms with Gasteiger partial charge in [-0.25, -0.2) is 4.98 Å². The number of halogens is 2. The van der Waals surface area contributed by atoms with Crippen LogP contribution in [0.3, 0.4) is 0 Å². The van der Waals surface area contributed by atoms with Gasteiger partial charge in [0.2, 0.25) is 0 Å². The topological polar surface area (TPSA) is 38.0 Å². The van der Waals surface area contributed by atoms with Crippen molar-refractivity contribution in [2.45, 2.75) is 20.5 Å². The molecule has 5 heteroatoms. The highest BCUT2D eigenvalue weighted by Crippen LogP contribution is 2.33. The number of aromatic nitrogens is 2. The molecule has 0 unspecified atom stereocenters. The number of rotatable bonds is 3. The maximum Gasteiger partial charge on any atom is 0.146 e. The third kappa shape index (κ3) is 3.00. The first-order valence-corrected chi connectivity index (χ1v) is 7.98. The van der Waals surface area contributed by atoms with E-state index in [2.05, 4.69) is 4.98 Å². The van der Waals surface area contributed by atoms with Crippen molar-refractivity contribution < 1.29 is 5.11 Å². The molecule has 23 heavy (non-hydrogen) atoms. The highest BCUT2D eigenvalue weighted by atomic mass is 35.5. The van der Waals surface area contributed by atoms with Crippen LogP contribution in [0, 0.1) is 13.8 Å². The van der Waals surface area contributed by atoms with Gasteiger partial charge < -0.3 is 5.11 Å². The summed E-state index contributed by atoms with van der Waals surface area (Å²) in [5, 5.41) is 10.9. The molecular formula is C18H16Cl2N2O. The van der Waals surface area contributed by atoms with Gasteiger partial charge in [-0.05, 0) is 44.2 Å². The van der Waals surface area contributed by atoms with E-state index in [1.54, 1.807) is 12.1 Å². The van der Waals surface area contributed by atoms with Gasteiger partial charge in [0.1, 0.15) is 5.82 Å². The van der Waals surface area contributed by atoms with E-state index in [4.69, 9.17) is 23.2 Å². The van der Waals surface area contributed by atoms with Crippen molar-refractivity contribution in [3.05, 3.63) is 69.5 Å². The molecule has 0 radical (unpaired) electrons. The third-order valence-corrected chi connectivity index (χ3v) is 4.33. The van der Waals surface area contributed by atoms with E-state index in [9.17, 15) is 5.11 Å². The fourth-order valence-corrected chi connectivity index (χ4v) is 3.06. The van der Waals surface area contributed by atoms with Gasteiger partial charge in [-0.3, -0.25) is 4.57 Å². The first kappa shape index (κ1) is 16.1. The molecule has 0 aliphatic carbocycles. The van der Waals surface area contributed by atoms with Crippen LogP contribution < -0.4 is 0 Å². The predicted octanol–water partition coefficient (Wildman–Crippen LogP) is 4.96. The fourth-order valence-electron chi connectivity index (χ4n) is 2.57. The van der Waals surface area contributed by atoms with Crippen LogP contribution in [0.2, 0.25) is 10.0 Å². The lowest BCUT2D eigenvalue weighted by Crippen LogP contribution is -2.03. The second kappa shape index (κ2) is 6.36. The molecule has 0 aliphatic rings. The van der Waals surface area contributed by atoms with Gasteiger partial charge in [-0.2, -0.15) is 0 Å². The molecule has 0 bridgehead atoms.